The second kappa shape index (κ2) is 15.9. The van der Waals surface area contributed by atoms with Gasteiger partial charge in [-0.2, -0.15) is 18.2 Å². The standard InChI is InChI=1S/C41H55F3N6O9S/c1-23-11-9-10-12-26-21-40(26,36(53)47-60(56,57)39(5)15-16-39)46-33(51)30-20-28(59-34-29-14-13-27(58-8)18-25(29)19-31(45-34)48(6)7)22-49(30)35(52)32(24(2)17-23)50(37(54)55)38(3,4)41(42,43)44/h10,12-14,18-19,23-24,26,28,30,32H,9,11,15-17,20-22H2,1-8H3,(H,46,51)(H,47,53)(H,54,55)/b12-10-/t23-,24+,26+,28+,30-,32-,40+/m0/s1. The summed E-state index contributed by atoms with van der Waals surface area (Å²) in [6.45, 7) is 5.92. The van der Waals surface area contributed by atoms with Gasteiger partial charge in [-0.05, 0) is 101 Å². The molecule has 3 N–H and O–H groups in total. The molecule has 1 aromatic heterocycles. The van der Waals surface area contributed by atoms with Crippen molar-refractivity contribution in [3.8, 4) is 11.6 Å². The van der Waals surface area contributed by atoms with E-state index in [2.05, 4.69) is 15.0 Å². The van der Waals surface area contributed by atoms with E-state index >= 15 is 4.79 Å². The number of allylic oxidation sites excluding steroid dienone is 1. The first-order valence-corrected chi connectivity index (χ1v) is 21.6. The van der Waals surface area contributed by atoms with Crippen LogP contribution < -0.4 is 24.4 Å². The van der Waals surface area contributed by atoms with Crippen molar-refractivity contribution in [2.24, 2.45) is 17.8 Å². The fraction of sp³-hybridized carbons (Fsp3) is 0.634. The van der Waals surface area contributed by atoms with Gasteiger partial charge in [0.1, 0.15) is 40.8 Å². The van der Waals surface area contributed by atoms with Crippen molar-refractivity contribution in [3.63, 3.8) is 0 Å². The highest BCUT2D eigenvalue weighted by molar-refractivity contribution is 7.91. The Morgan fingerprint density at radius 2 is 1.78 bits per heavy atom. The summed E-state index contributed by atoms with van der Waals surface area (Å²) in [6, 6.07) is 3.62. The first kappa shape index (κ1) is 44.7. The maximum Gasteiger partial charge on any atom is 0.411 e. The molecule has 15 nitrogen and oxygen atoms in total. The minimum atomic E-state index is -5.10. The summed E-state index contributed by atoms with van der Waals surface area (Å²) in [5.41, 5.74) is -4.76. The number of alkyl halides is 3. The molecule has 2 saturated carbocycles. The zero-order valence-corrected chi connectivity index (χ0v) is 35.9. The summed E-state index contributed by atoms with van der Waals surface area (Å²) in [4.78, 5) is 64.3. The Hall–Kier alpha value is -4.81. The van der Waals surface area contributed by atoms with Gasteiger partial charge in [-0.3, -0.25) is 24.0 Å². The van der Waals surface area contributed by atoms with Crippen LogP contribution in [0.3, 0.4) is 0 Å². The van der Waals surface area contributed by atoms with E-state index in [-0.39, 0.29) is 42.5 Å². The Kier molecular flexibility index (Phi) is 11.9. The number of ether oxygens (including phenoxy) is 2. The summed E-state index contributed by atoms with van der Waals surface area (Å²) in [5, 5.41) is 14.5. The number of rotatable bonds is 9. The van der Waals surface area contributed by atoms with Crippen LogP contribution >= 0.6 is 0 Å². The molecule has 0 unspecified atom stereocenters. The Morgan fingerprint density at radius 1 is 1.10 bits per heavy atom. The largest absolute Gasteiger partial charge is 0.497 e. The summed E-state index contributed by atoms with van der Waals surface area (Å²) in [6.07, 6.45) is -2.88. The van der Waals surface area contributed by atoms with Crippen molar-refractivity contribution in [3.05, 3.63) is 36.4 Å². The lowest BCUT2D eigenvalue weighted by Crippen LogP contribution is -2.66. The lowest BCUT2D eigenvalue weighted by atomic mass is 9.85. The number of pyridine rings is 1. The Balaban J connectivity index is 1.45. The van der Waals surface area contributed by atoms with Crippen molar-refractivity contribution >= 4 is 50.4 Å². The second-order valence-corrected chi connectivity index (χ2v) is 20.1. The number of nitrogens with zero attached hydrogens (tertiary/aromatic N) is 4. The third kappa shape index (κ3) is 8.42. The normalized spacial score (nSPS) is 28.9. The van der Waals surface area contributed by atoms with Crippen LogP contribution in [0.1, 0.15) is 79.6 Å². The van der Waals surface area contributed by atoms with Crippen LogP contribution in [-0.2, 0) is 24.4 Å². The lowest BCUT2D eigenvalue weighted by Gasteiger charge is -2.45. The fourth-order valence-corrected chi connectivity index (χ4v) is 9.69. The van der Waals surface area contributed by atoms with Crippen LogP contribution in [-0.4, -0.2) is 120 Å². The number of amides is 4. The van der Waals surface area contributed by atoms with Gasteiger partial charge in [0.15, 0.2) is 0 Å². The first-order chi connectivity index (χ1) is 27.9. The average molecular weight is 865 g/mol. The molecular formula is C41H55F3N6O9S. The number of fused-ring (bicyclic) bond motifs is 3. The van der Waals surface area contributed by atoms with Crippen LogP contribution in [0.25, 0.3) is 10.8 Å². The molecule has 1 aromatic carbocycles. The van der Waals surface area contributed by atoms with Gasteiger partial charge < -0.3 is 29.7 Å². The molecule has 6 rings (SSSR count). The number of halogens is 3. The Bertz CT molecular complexity index is 2180. The molecule has 4 aliphatic rings. The minimum absolute atomic E-state index is 0.0480. The SMILES string of the molecule is COc1ccc2c(O[C@@H]3C[C@H]4C(=O)N[C@]5(C(=O)NS(=O)(=O)C6(C)CC6)C[C@H]5/C=C\CC[C@H](C)C[C@@H](C)[C@H](N(C(=O)O)C(C)(C)C(F)(F)F)C(=O)N4C3)nc(N(C)C)cc2c1. The summed E-state index contributed by atoms with van der Waals surface area (Å²) >= 11 is 0. The minimum Gasteiger partial charge on any atom is -0.497 e. The molecule has 2 aliphatic heterocycles. The number of hydrogen-bond acceptors (Lipinski definition) is 10. The lowest BCUT2D eigenvalue weighted by molar-refractivity contribution is -0.222. The smallest absolute Gasteiger partial charge is 0.411 e. The van der Waals surface area contributed by atoms with Crippen molar-refractivity contribution in [1.82, 2.24) is 24.8 Å². The van der Waals surface area contributed by atoms with E-state index in [1.54, 1.807) is 43.3 Å². The third-order valence-electron chi connectivity index (χ3n) is 12.7. The van der Waals surface area contributed by atoms with Gasteiger partial charge in [0, 0.05) is 31.8 Å². The number of hydrogen-bond donors (Lipinski definition) is 3. The summed E-state index contributed by atoms with van der Waals surface area (Å²) in [7, 11) is 0.936. The van der Waals surface area contributed by atoms with Crippen molar-refractivity contribution in [2.45, 2.75) is 120 Å². The van der Waals surface area contributed by atoms with E-state index in [4.69, 9.17) is 9.47 Å². The van der Waals surface area contributed by atoms with E-state index in [0.29, 0.717) is 61.9 Å². The van der Waals surface area contributed by atoms with Crippen molar-refractivity contribution in [1.29, 1.82) is 0 Å². The zero-order valence-electron chi connectivity index (χ0n) is 35.1. The molecule has 0 spiro atoms. The van der Waals surface area contributed by atoms with Gasteiger partial charge in [0.2, 0.25) is 27.7 Å². The number of benzene rings is 1. The van der Waals surface area contributed by atoms with Crippen molar-refractivity contribution in [2.75, 3.05) is 32.6 Å². The van der Waals surface area contributed by atoms with E-state index in [9.17, 15) is 41.1 Å². The van der Waals surface area contributed by atoms with Gasteiger partial charge >= 0.3 is 12.3 Å². The molecule has 2 aliphatic carbocycles. The molecule has 3 heterocycles. The average Bonchev–Trinajstić information content (AvgIpc) is 4.03. The number of nitrogens with one attached hydrogen (secondary N) is 2. The fourth-order valence-electron chi connectivity index (χ4n) is 8.38. The van der Waals surface area contributed by atoms with Gasteiger partial charge in [0.05, 0.1) is 18.4 Å². The molecular weight excluding hydrogens is 810 g/mol. The quantitative estimate of drug-likeness (QED) is 0.280. The van der Waals surface area contributed by atoms with Crippen LogP contribution in [0.4, 0.5) is 23.8 Å². The predicted molar refractivity (Wildman–Crippen MR) is 216 cm³/mol. The number of sulfonamides is 1. The monoisotopic (exact) mass is 864 g/mol. The maximum absolute atomic E-state index is 15.1. The molecule has 330 valence electrons. The molecule has 3 fully saturated rings. The highest BCUT2D eigenvalue weighted by Crippen LogP contribution is 2.48. The van der Waals surface area contributed by atoms with E-state index < -0.39 is 85.9 Å². The summed E-state index contributed by atoms with van der Waals surface area (Å²) in [5.74, 6) is -3.45. The predicted octanol–water partition coefficient (Wildman–Crippen LogP) is 5.23. The number of aromatic nitrogens is 1. The molecule has 4 amide bonds. The Morgan fingerprint density at radius 3 is 2.38 bits per heavy atom. The van der Waals surface area contributed by atoms with Gasteiger partial charge in [0.25, 0.3) is 5.91 Å². The second-order valence-electron chi connectivity index (χ2n) is 17.9. The van der Waals surface area contributed by atoms with E-state index in [0.717, 1.165) is 4.90 Å². The van der Waals surface area contributed by atoms with E-state index in [1.165, 1.54) is 21.0 Å². The van der Waals surface area contributed by atoms with Gasteiger partial charge in [-0.25, -0.2) is 13.2 Å². The number of carbonyl (C=O) groups excluding carboxylic acids is 3. The van der Waals surface area contributed by atoms with Gasteiger partial charge in [-0.1, -0.05) is 26.0 Å². The molecule has 60 heavy (non-hydrogen) atoms. The zero-order chi connectivity index (χ0) is 44.3. The molecule has 2 aromatic rings. The van der Waals surface area contributed by atoms with E-state index in [1.807, 2.05) is 19.1 Å². The number of anilines is 1. The maximum atomic E-state index is 15.1. The van der Waals surface area contributed by atoms with Crippen LogP contribution in [0, 0.1) is 17.8 Å². The van der Waals surface area contributed by atoms with Gasteiger partial charge in [-0.15, -0.1) is 0 Å². The van der Waals surface area contributed by atoms with Crippen LogP contribution in [0.2, 0.25) is 0 Å². The van der Waals surface area contributed by atoms with Crippen LogP contribution in [0.15, 0.2) is 36.4 Å². The Labute approximate surface area is 348 Å². The van der Waals surface area contributed by atoms with Crippen LogP contribution in [0.5, 0.6) is 11.6 Å². The molecule has 0 radical (unpaired) electrons. The molecule has 1 saturated heterocycles. The molecule has 19 heteroatoms. The third-order valence-corrected chi connectivity index (χ3v) is 14.9. The highest BCUT2D eigenvalue weighted by atomic mass is 32.2. The van der Waals surface area contributed by atoms with Crippen molar-refractivity contribution < 1.29 is 55.3 Å². The highest BCUT2D eigenvalue weighted by Gasteiger charge is 2.64. The molecule has 0 bridgehead atoms. The number of carbonyl (C=O) groups is 4. The number of carboxylic acid groups (broad SMARTS) is 1. The number of methoxy groups -OCH3 is 1. The first-order valence-electron chi connectivity index (χ1n) is 20.1. The molecule has 7 atom stereocenters. The topological polar surface area (TPSA) is 188 Å². The summed E-state index contributed by atoms with van der Waals surface area (Å²) < 4.78 is 83.7.